The number of benzene rings is 1. The first kappa shape index (κ1) is 12.4. The van der Waals surface area contributed by atoms with Gasteiger partial charge in [-0.15, -0.1) is 0 Å². The third-order valence-corrected chi connectivity index (χ3v) is 2.81. The van der Waals surface area contributed by atoms with Crippen LogP contribution in [0, 0.1) is 11.3 Å². The number of nitrogens with one attached hydrogen (secondary N) is 1. The Morgan fingerprint density at radius 2 is 2.22 bits per heavy atom. The number of nitrogens with zero attached hydrogens (tertiary/aromatic N) is 1. The Morgan fingerprint density at radius 1 is 1.39 bits per heavy atom. The minimum absolute atomic E-state index is 0.320. The van der Waals surface area contributed by atoms with E-state index in [4.69, 9.17) is 9.68 Å². The molecule has 0 aliphatic carbocycles. The van der Waals surface area contributed by atoms with Crippen molar-refractivity contribution in [2.45, 2.75) is 6.04 Å². The smallest absolute Gasteiger partial charge is 0.252 e. The van der Waals surface area contributed by atoms with Crippen molar-refractivity contribution < 1.29 is 9.21 Å². The van der Waals surface area contributed by atoms with Gasteiger partial charge in [0, 0.05) is 10.0 Å². The molecule has 0 saturated heterocycles. The lowest BCUT2D eigenvalue weighted by Gasteiger charge is -2.09. The lowest BCUT2D eigenvalue weighted by Crippen LogP contribution is -2.27. The summed E-state index contributed by atoms with van der Waals surface area (Å²) in [4.78, 5) is 11.9. The van der Waals surface area contributed by atoms with E-state index in [-0.39, 0.29) is 5.91 Å². The fourth-order valence-electron chi connectivity index (χ4n) is 1.47. The van der Waals surface area contributed by atoms with Crippen LogP contribution >= 0.6 is 15.9 Å². The first-order valence-corrected chi connectivity index (χ1v) is 5.99. The summed E-state index contributed by atoms with van der Waals surface area (Å²) in [7, 11) is 0. The van der Waals surface area contributed by atoms with Gasteiger partial charge in [-0.2, -0.15) is 5.26 Å². The number of amides is 1. The van der Waals surface area contributed by atoms with Gasteiger partial charge in [0.2, 0.25) is 0 Å². The molecule has 2 rings (SSSR count). The van der Waals surface area contributed by atoms with E-state index < -0.39 is 6.04 Å². The van der Waals surface area contributed by atoms with Crippen LogP contribution in [0.1, 0.15) is 22.2 Å². The second kappa shape index (κ2) is 5.52. The van der Waals surface area contributed by atoms with Crippen LogP contribution in [0.25, 0.3) is 0 Å². The summed E-state index contributed by atoms with van der Waals surface area (Å²) >= 11 is 3.29. The van der Waals surface area contributed by atoms with Crippen molar-refractivity contribution in [3.8, 4) is 6.07 Å². The molecule has 18 heavy (non-hydrogen) atoms. The molecule has 1 aromatic heterocycles. The molecule has 0 radical (unpaired) electrons. The molecule has 1 amide bonds. The van der Waals surface area contributed by atoms with Gasteiger partial charge in [-0.3, -0.25) is 4.79 Å². The molecule has 90 valence electrons. The zero-order chi connectivity index (χ0) is 13.0. The number of nitriles is 1. The lowest BCUT2D eigenvalue weighted by atomic mass is 10.2. The van der Waals surface area contributed by atoms with E-state index in [0.717, 1.165) is 4.47 Å². The SMILES string of the molecule is N#CC(NC(=O)c1cccc(Br)c1)c1ccco1. The van der Waals surface area contributed by atoms with E-state index in [1.165, 1.54) is 6.26 Å². The number of hydrogen-bond acceptors (Lipinski definition) is 3. The molecule has 5 heteroatoms. The summed E-state index contributed by atoms with van der Waals surface area (Å²) in [5.74, 6) is 0.0973. The maximum Gasteiger partial charge on any atom is 0.252 e. The number of furan rings is 1. The first-order valence-electron chi connectivity index (χ1n) is 5.20. The summed E-state index contributed by atoms with van der Waals surface area (Å²) in [6.07, 6.45) is 1.46. The molecule has 0 fully saturated rings. The van der Waals surface area contributed by atoms with E-state index in [1.54, 1.807) is 30.3 Å². The molecular weight excluding hydrogens is 296 g/mol. The summed E-state index contributed by atoms with van der Waals surface area (Å²) < 4.78 is 5.91. The molecule has 1 unspecified atom stereocenters. The van der Waals surface area contributed by atoms with Crippen molar-refractivity contribution in [3.63, 3.8) is 0 Å². The second-order valence-corrected chi connectivity index (χ2v) is 4.48. The van der Waals surface area contributed by atoms with Crippen LogP contribution in [0.15, 0.2) is 51.6 Å². The van der Waals surface area contributed by atoms with E-state index in [2.05, 4.69) is 21.2 Å². The minimum Gasteiger partial charge on any atom is -0.466 e. The number of rotatable bonds is 3. The Bertz CT molecular complexity index is 587. The highest BCUT2D eigenvalue weighted by molar-refractivity contribution is 9.10. The zero-order valence-electron chi connectivity index (χ0n) is 9.26. The van der Waals surface area contributed by atoms with Crippen LogP contribution in [0.4, 0.5) is 0 Å². The van der Waals surface area contributed by atoms with Crippen LogP contribution < -0.4 is 5.32 Å². The standard InChI is InChI=1S/C13H9BrN2O2/c14-10-4-1-3-9(7-10)13(17)16-11(8-15)12-5-2-6-18-12/h1-7,11H,(H,16,17). The highest BCUT2D eigenvalue weighted by Crippen LogP contribution is 2.15. The Kier molecular flexibility index (Phi) is 3.80. The van der Waals surface area contributed by atoms with E-state index in [9.17, 15) is 4.79 Å². The van der Waals surface area contributed by atoms with Gasteiger partial charge in [-0.1, -0.05) is 22.0 Å². The normalized spacial score (nSPS) is 11.6. The predicted molar refractivity (Wildman–Crippen MR) is 68.7 cm³/mol. The van der Waals surface area contributed by atoms with Crippen molar-refractivity contribution in [3.05, 3.63) is 58.5 Å². The molecule has 4 nitrogen and oxygen atoms in total. The Balaban J connectivity index is 2.14. The molecular formula is C13H9BrN2O2. The first-order chi connectivity index (χ1) is 8.70. The van der Waals surface area contributed by atoms with Crippen LogP contribution in [-0.4, -0.2) is 5.91 Å². The van der Waals surface area contributed by atoms with Crippen LogP contribution in [-0.2, 0) is 0 Å². The van der Waals surface area contributed by atoms with Crippen LogP contribution in [0.5, 0.6) is 0 Å². The molecule has 1 N–H and O–H groups in total. The van der Waals surface area contributed by atoms with Crippen LogP contribution in [0.2, 0.25) is 0 Å². The quantitative estimate of drug-likeness (QED) is 0.948. The monoisotopic (exact) mass is 304 g/mol. The number of carbonyl (C=O) groups is 1. The lowest BCUT2D eigenvalue weighted by molar-refractivity contribution is 0.0941. The Labute approximate surface area is 112 Å². The molecule has 0 aliphatic rings. The topological polar surface area (TPSA) is 66.0 Å². The van der Waals surface area contributed by atoms with Gasteiger partial charge in [-0.25, -0.2) is 0 Å². The number of halogens is 1. The molecule has 1 heterocycles. The van der Waals surface area contributed by atoms with Gasteiger partial charge < -0.3 is 9.73 Å². The number of carbonyl (C=O) groups excluding carboxylic acids is 1. The van der Waals surface area contributed by atoms with E-state index in [1.807, 2.05) is 12.1 Å². The molecule has 1 atom stereocenters. The average molecular weight is 305 g/mol. The molecule has 0 saturated carbocycles. The second-order valence-electron chi connectivity index (χ2n) is 3.56. The molecule has 2 aromatic rings. The van der Waals surface area contributed by atoms with Crippen molar-refractivity contribution in [1.29, 1.82) is 5.26 Å². The fourth-order valence-corrected chi connectivity index (χ4v) is 1.87. The maximum absolute atomic E-state index is 11.9. The van der Waals surface area contributed by atoms with Crippen LogP contribution in [0.3, 0.4) is 0 Å². The summed E-state index contributed by atoms with van der Waals surface area (Å²) in [6, 6.07) is 11.5. The van der Waals surface area contributed by atoms with E-state index >= 15 is 0 Å². The fraction of sp³-hybridized carbons (Fsp3) is 0.0769. The molecule has 0 spiro atoms. The average Bonchev–Trinajstić information content (AvgIpc) is 2.89. The minimum atomic E-state index is -0.786. The van der Waals surface area contributed by atoms with Gasteiger partial charge in [0.05, 0.1) is 12.3 Å². The van der Waals surface area contributed by atoms with Gasteiger partial charge in [0.25, 0.3) is 5.91 Å². The molecule has 0 bridgehead atoms. The maximum atomic E-state index is 11.9. The molecule has 1 aromatic carbocycles. The Morgan fingerprint density at radius 3 is 2.83 bits per heavy atom. The van der Waals surface area contributed by atoms with Gasteiger partial charge in [-0.05, 0) is 30.3 Å². The highest BCUT2D eigenvalue weighted by Gasteiger charge is 2.17. The molecule has 0 aliphatic heterocycles. The van der Waals surface area contributed by atoms with Crippen molar-refractivity contribution >= 4 is 21.8 Å². The summed E-state index contributed by atoms with van der Waals surface area (Å²) in [6.45, 7) is 0. The van der Waals surface area contributed by atoms with Crippen molar-refractivity contribution in [1.82, 2.24) is 5.32 Å². The van der Waals surface area contributed by atoms with E-state index in [0.29, 0.717) is 11.3 Å². The van der Waals surface area contributed by atoms with Gasteiger partial charge in [0.15, 0.2) is 6.04 Å². The Hall–Kier alpha value is -2.06. The summed E-state index contributed by atoms with van der Waals surface area (Å²) in [5.41, 5.74) is 0.483. The van der Waals surface area contributed by atoms with Gasteiger partial charge >= 0.3 is 0 Å². The summed E-state index contributed by atoms with van der Waals surface area (Å²) in [5, 5.41) is 11.6. The van der Waals surface area contributed by atoms with Gasteiger partial charge in [0.1, 0.15) is 5.76 Å². The highest BCUT2D eigenvalue weighted by atomic mass is 79.9. The zero-order valence-corrected chi connectivity index (χ0v) is 10.8. The third-order valence-electron chi connectivity index (χ3n) is 2.32. The van der Waals surface area contributed by atoms with Crippen molar-refractivity contribution in [2.24, 2.45) is 0 Å². The third kappa shape index (κ3) is 2.79. The van der Waals surface area contributed by atoms with Crippen molar-refractivity contribution in [2.75, 3.05) is 0 Å². The largest absolute Gasteiger partial charge is 0.466 e. The predicted octanol–water partition coefficient (Wildman–Crippen LogP) is 3.04. The number of hydrogen-bond donors (Lipinski definition) is 1.